The second-order valence-electron chi connectivity index (χ2n) is 4.42. The topological polar surface area (TPSA) is 0 Å². The van der Waals surface area contributed by atoms with Gasteiger partial charge in [-0.05, 0) is 44.9 Å². The van der Waals surface area contributed by atoms with Crippen LogP contribution in [0.1, 0.15) is 36.3 Å². The normalized spacial score (nSPS) is 12.4. The highest BCUT2D eigenvalue weighted by Gasteiger charge is 2.06. The molecule has 0 saturated heterocycles. The summed E-state index contributed by atoms with van der Waals surface area (Å²) in [4.78, 5) is 1.42. The number of aryl methyl sites for hydroxylation is 2. The molecule has 0 fully saturated rings. The van der Waals surface area contributed by atoms with Crippen molar-refractivity contribution in [3.8, 4) is 0 Å². The van der Waals surface area contributed by atoms with Gasteiger partial charge in [0.2, 0.25) is 0 Å². The molecule has 16 heavy (non-hydrogen) atoms. The maximum atomic E-state index is 2.34. The van der Waals surface area contributed by atoms with Crippen LogP contribution in [0.3, 0.4) is 0 Å². The fraction of sp³-hybridized carbons (Fsp3) is 0.333. The van der Waals surface area contributed by atoms with Crippen LogP contribution in [0, 0.1) is 13.8 Å². The average Bonchev–Trinajstić information content (AvgIpc) is 2.55. The number of allylic oxidation sites excluding steroid dienone is 1. The quantitative estimate of drug-likeness (QED) is 0.654. The van der Waals surface area contributed by atoms with E-state index in [1.54, 1.807) is 0 Å². The van der Waals surface area contributed by atoms with E-state index in [0.29, 0.717) is 0 Å². The molecule has 1 heterocycles. The summed E-state index contributed by atoms with van der Waals surface area (Å²) in [5.41, 5.74) is 4.21. The zero-order valence-corrected chi connectivity index (χ0v) is 11.2. The summed E-state index contributed by atoms with van der Waals surface area (Å²) in [6.45, 7) is 8.79. The van der Waals surface area contributed by atoms with Gasteiger partial charge in [0, 0.05) is 15.0 Å². The molecule has 0 aliphatic heterocycles. The van der Waals surface area contributed by atoms with E-state index < -0.39 is 0 Å². The minimum Gasteiger partial charge on any atom is -0.140 e. The highest BCUT2D eigenvalue weighted by Crippen LogP contribution is 2.33. The lowest BCUT2D eigenvalue weighted by molar-refractivity contribution is 1.11. The maximum absolute atomic E-state index is 2.34. The second kappa shape index (κ2) is 4.42. The Bertz CT molecular complexity index is 544. The molecule has 0 amide bonds. The molecule has 0 aliphatic rings. The molecule has 0 nitrogen and oxygen atoms in total. The molecule has 0 radical (unpaired) electrons. The zero-order valence-electron chi connectivity index (χ0n) is 10.4. The van der Waals surface area contributed by atoms with Crippen molar-refractivity contribution in [3.05, 3.63) is 39.8 Å². The molecule has 1 heteroatoms. The van der Waals surface area contributed by atoms with Gasteiger partial charge >= 0.3 is 0 Å². The summed E-state index contributed by atoms with van der Waals surface area (Å²) < 4.78 is 1.40. The molecule has 84 valence electrons. The predicted molar refractivity (Wildman–Crippen MR) is 75.2 cm³/mol. The molecule has 2 aromatic rings. The minimum atomic E-state index is 1.13. The summed E-state index contributed by atoms with van der Waals surface area (Å²) in [6, 6.07) is 6.73. The summed E-state index contributed by atoms with van der Waals surface area (Å²) in [5, 5.41) is 1.41. The standard InChI is InChI=1S/C15H18S/c1-5-10(2)8-13-12(4)16-15-7-6-11(3)9-14(13)15/h6-9H,5H2,1-4H3/b10-8-. The third-order valence-corrected chi connectivity index (χ3v) is 4.12. The second-order valence-corrected chi connectivity index (χ2v) is 5.67. The first kappa shape index (κ1) is 11.4. The van der Waals surface area contributed by atoms with Gasteiger partial charge in [-0.1, -0.05) is 30.2 Å². The summed E-state index contributed by atoms with van der Waals surface area (Å²) >= 11 is 1.90. The van der Waals surface area contributed by atoms with E-state index in [0.717, 1.165) is 6.42 Å². The zero-order chi connectivity index (χ0) is 11.7. The van der Waals surface area contributed by atoms with Crippen molar-refractivity contribution in [2.45, 2.75) is 34.1 Å². The molecule has 0 N–H and O–H groups in total. The van der Waals surface area contributed by atoms with E-state index in [1.807, 2.05) is 11.3 Å². The molecule has 0 bridgehead atoms. The van der Waals surface area contributed by atoms with Crippen molar-refractivity contribution < 1.29 is 0 Å². The first-order valence-corrected chi connectivity index (χ1v) is 6.60. The Balaban J connectivity index is 2.67. The Labute approximate surface area is 102 Å². The Morgan fingerprint density at radius 2 is 2.06 bits per heavy atom. The number of hydrogen-bond donors (Lipinski definition) is 0. The summed E-state index contributed by atoms with van der Waals surface area (Å²) in [6.07, 6.45) is 3.47. The molecule has 1 aromatic heterocycles. The van der Waals surface area contributed by atoms with E-state index in [1.165, 1.54) is 31.7 Å². The molecule has 1 aromatic carbocycles. The smallest absolute Gasteiger partial charge is 0.0351 e. The van der Waals surface area contributed by atoms with Gasteiger partial charge in [0.15, 0.2) is 0 Å². The maximum Gasteiger partial charge on any atom is 0.0351 e. The van der Waals surface area contributed by atoms with Gasteiger partial charge in [-0.15, -0.1) is 11.3 Å². The van der Waals surface area contributed by atoms with E-state index >= 15 is 0 Å². The van der Waals surface area contributed by atoms with Crippen LogP contribution in [-0.2, 0) is 0 Å². The molecular weight excluding hydrogens is 212 g/mol. The molecule has 0 atom stereocenters. The molecular formula is C15H18S. The average molecular weight is 230 g/mol. The lowest BCUT2D eigenvalue weighted by Gasteiger charge is -1.99. The van der Waals surface area contributed by atoms with Crippen LogP contribution in [0.2, 0.25) is 0 Å². The molecule has 0 unspecified atom stereocenters. The highest BCUT2D eigenvalue weighted by molar-refractivity contribution is 7.19. The van der Waals surface area contributed by atoms with Gasteiger partial charge in [0.05, 0.1) is 0 Å². The monoisotopic (exact) mass is 230 g/mol. The Morgan fingerprint density at radius 1 is 1.31 bits per heavy atom. The lowest BCUT2D eigenvalue weighted by Crippen LogP contribution is -1.77. The van der Waals surface area contributed by atoms with Crippen LogP contribution in [0.15, 0.2) is 23.8 Å². The van der Waals surface area contributed by atoms with Gasteiger partial charge in [-0.2, -0.15) is 0 Å². The Morgan fingerprint density at radius 3 is 2.75 bits per heavy atom. The van der Waals surface area contributed by atoms with E-state index in [-0.39, 0.29) is 0 Å². The van der Waals surface area contributed by atoms with E-state index in [9.17, 15) is 0 Å². The van der Waals surface area contributed by atoms with Crippen molar-refractivity contribution >= 4 is 27.5 Å². The van der Waals surface area contributed by atoms with Gasteiger partial charge < -0.3 is 0 Å². The summed E-state index contributed by atoms with van der Waals surface area (Å²) in [7, 11) is 0. The first-order chi connectivity index (χ1) is 7.61. The number of hydrogen-bond acceptors (Lipinski definition) is 1. The molecule has 0 aliphatic carbocycles. The number of thiophene rings is 1. The molecule has 0 saturated carbocycles. The fourth-order valence-corrected chi connectivity index (χ4v) is 2.90. The van der Waals surface area contributed by atoms with Crippen LogP contribution in [0.5, 0.6) is 0 Å². The summed E-state index contributed by atoms with van der Waals surface area (Å²) in [5.74, 6) is 0. The third-order valence-electron chi connectivity index (χ3n) is 3.02. The van der Waals surface area contributed by atoms with E-state index in [2.05, 4.69) is 52.0 Å². The Kier molecular flexibility index (Phi) is 3.15. The highest BCUT2D eigenvalue weighted by atomic mass is 32.1. The van der Waals surface area contributed by atoms with Crippen LogP contribution >= 0.6 is 11.3 Å². The first-order valence-electron chi connectivity index (χ1n) is 5.78. The van der Waals surface area contributed by atoms with Gasteiger partial charge in [0.1, 0.15) is 0 Å². The number of benzene rings is 1. The minimum absolute atomic E-state index is 1.13. The fourth-order valence-electron chi connectivity index (χ4n) is 1.88. The van der Waals surface area contributed by atoms with Crippen molar-refractivity contribution in [3.63, 3.8) is 0 Å². The van der Waals surface area contributed by atoms with Crippen LogP contribution in [-0.4, -0.2) is 0 Å². The van der Waals surface area contributed by atoms with Crippen molar-refractivity contribution in [2.75, 3.05) is 0 Å². The Hall–Kier alpha value is -1.08. The van der Waals surface area contributed by atoms with Crippen LogP contribution < -0.4 is 0 Å². The van der Waals surface area contributed by atoms with Crippen molar-refractivity contribution in [1.82, 2.24) is 0 Å². The van der Waals surface area contributed by atoms with Crippen molar-refractivity contribution in [1.29, 1.82) is 0 Å². The number of rotatable bonds is 2. The lowest BCUT2D eigenvalue weighted by atomic mass is 10.1. The largest absolute Gasteiger partial charge is 0.140 e. The van der Waals surface area contributed by atoms with Crippen molar-refractivity contribution in [2.24, 2.45) is 0 Å². The third kappa shape index (κ3) is 2.05. The van der Waals surface area contributed by atoms with E-state index in [4.69, 9.17) is 0 Å². The van der Waals surface area contributed by atoms with Crippen LogP contribution in [0.25, 0.3) is 16.2 Å². The SMILES string of the molecule is CC/C(C)=C\c1c(C)sc2ccc(C)cc12. The van der Waals surface area contributed by atoms with Gasteiger partial charge in [0.25, 0.3) is 0 Å². The number of fused-ring (bicyclic) bond motifs is 1. The molecule has 0 spiro atoms. The van der Waals surface area contributed by atoms with Gasteiger partial charge in [-0.25, -0.2) is 0 Å². The van der Waals surface area contributed by atoms with Gasteiger partial charge in [-0.3, -0.25) is 0 Å². The van der Waals surface area contributed by atoms with Crippen LogP contribution in [0.4, 0.5) is 0 Å². The molecule has 2 rings (SSSR count). The predicted octanol–water partition coefficient (Wildman–Crippen LogP) is 5.33.